The lowest BCUT2D eigenvalue weighted by atomic mass is 9.87. The molecule has 0 amide bonds. The van der Waals surface area contributed by atoms with Crippen LogP contribution in [-0.4, -0.2) is 13.6 Å². The molecule has 2 unspecified atom stereocenters. The van der Waals surface area contributed by atoms with Crippen molar-refractivity contribution in [2.24, 2.45) is 5.92 Å². The van der Waals surface area contributed by atoms with Crippen LogP contribution in [-0.2, 0) is 0 Å². The molecule has 1 rings (SSSR count). The van der Waals surface area contributed by atoms with Crippen molar-refractivity contribution in [1.29, 1.82) is 0 Å². The quantitative estimate of drug-likeness (QED) is 0.756. The second-order valence-corrected chi connectivity index (χ2v) is 5.31. The molecular weight excluding hydrogens is 230 g/mol. The third-order valence-electron chi connectivity index (χ3n) is 3.26. The Morgan fingerprint density at radius 1 is 1.29 bits per heavy atom. The minimum atomic E-state index is 0.523. The van der Waals surface area contributed by atoms with Gasteiger partial charge >= 0.3 is 0 Å². The number of likely N-dealkylation sites (N-methyl/N-ethyl adjacent to an activating group) is 1. The molecule has 0 heterocycles. The van der Waals surface area contributed by atoms with Crippen molar-refractivity contribution in [3.63, 3.8) is 0 Å². The normalized spacial score (nSPS) is 14.6. The summed E-state index contributed by atoms with van der Waals surface area (Å²) in [6.07, 6.45) is 3.76. The van der Waals surface area contributed by atoms with Crippen LogP contribution in [0.4, 0.5) is 0 Å². The van der Waals surface area contributed by atoms with Gasteiger partial charge in [-0.2, -0.15) is 0 Å². The molecule has 0 aliphatic carbocycles. The fourth-order valence-electron chi connectivity index (χ4n) is 2.47. The van der Waals surface area contributed by atoms with Crippen LogP contribution < -0.4 is 5.32 Å². The molecule has 96 valence electrons. The summed E-state index contributed by atoms with van der Waals surface area (Å²) >= 11 is 6.29. The fourth-order valence-corrected chi connectivity index (χ4v) is 2.76. The van der Waals surface area contributed by atoms with E-state index in [0.717, 1.165) is 17.5 Å². The van der Waals surface area contributed by atoms with Crippen molar-refractivity contribution in [3.8, 4) is 0 Å². The summed E-state index contributed by atoms with van der Waals surface area (Å²) in [6, 6.07) is 8.22. The minimum absolute atomic E-state index is 0.523. The van der Waals surface area contributed by atoms with Crippen LogP contribution in [0, 0.1) is 5.92 Å². The molecule has 0 fully saturated rings. The van der Waals surface area contributed by atoms with Crippen molar-refractivity contribution < 1.29 is 0 Å². The molecule has 0 bridgehead atoms. The first-order valence-corrected chi connectivity index (χ1v) is 6.95. The van der Waals surface area contributed by atoms with Gasteiger partial charge in [0.05, 0.1) is 0 Å². The predicted molar refractivity (Wildman–Crippen MR) is 76.8 cm³/mol. The van der Waals surface area contributed by atoms with Gasteiger partial charge in [0.2, 0.25) is 0 Å². The number of halogens is 1. The average molecular weight is 254 g/mol. The maximum absolute atomic E-state index is 6.29. The van der Waals surface area contributed by atoms with E-state index >= 15 is 0 Å². The molecule has 0 radical (unpaired) electrons. The highest BCUT2D eigenvalue weighted by molar-refractivity contribution is 6.31. The van der Waals surface area contributed by atoms with E-state index < -0.39 is 0 Å². The monoisotopic (exact) mass is 253 g/mol. The summed E-state index contributed by atoms with van der Waals surface area (Å²) in [5.74, 6) is 1.28. The van der Waals surface area contributed by atoms with Gasteiger partial charge in [0.25, 0.3) is 0 Å². The lowest BCUT2D eigenvalue weighted by Crippen LogP contribution is -2.19. The summed E-state index contributed by atoms with van der Waals surface area (Å²) in [7, 11) is 2.01. The molecule has 1 aromatic carbocycles. The van der Waals surface area contributed by atoms with Crippen LogP contribution in [0.1, 0.15) is 44.6 Å². The molecule has 1 N–H and O–H groups in total. The Labute approximate surface area is 111 Å². The minimum Gasteiger partial charge on any atom is -0.319 e. The Kier molecular flexibility index (Phi) is 6.61. The van der Waals surface area contributed by atoms with Crippen LogP contribution in [0.25, 0.3) is 0 Å². The second kappa shape index (κ2) is 7.73. The SMILES string of the molecule is CCCC(C)CC(CNC)c1ccccc1Cl. The smallest absolute Gasteiger partial charge is 0.0441 e. The molecule has 0 aliphatic heterocycles. The van der Waals surface area contributed by atoms with Crippen LogP contribution in [0.3, 0.4) is 0 Å². The molecular formula is C15H24ClN. The summed E-state index contributed by atoms with van der Waals surface area (Å²) in [4.78, 5) is 0. The van der Waals surface area contributed by atoms with Gasteiger partial charge in [-0.3, -0.25) is 0 Å². The molecule has 1 nitrogen and oxygen atoms in total. The van der Waals surface area contributed by atoms with Crippen LogP contribution in [0.15, 0.2) is 24.3 Å². The molecule has 0 saturated carbocycles. The molecule has 0 saturated heterocycles. The van der Waals surface area contributed by atoms with Crippen molar-refractivity contribution in [2.75, 3.05) is 13.6 Å². The highest BCUT2D eigenvalue weighted by Gasteiger charge is 2.16. The predicted octanol–water partition coefficient (Wildman–Crippen LogP) is 4.47. The third-order valence-corrected chi connectivity index (χ3v) is 3.61. The Morgan fingerprint density at radius 2 is 2.00 bits per heavy atom. The first-order chi connectivity index (χ1) is 8.19. The van der Waals surface area contributed by atoms with Crippen molar-refractivity contribution in [2.45, 2.75) is 39.0 Å². The number of rotatable bonds is 7. The van der Waals surface area contributed by atoms with Gasteiger partial charge in [0, 0.05) is 11.6 Å². The first kappa shape index (κ1) is 14.5. The summed E-state index contributed by atoms with van der Waals surface area (Å²) < 4.78 is 0. The highest BCUT2D eigenvalue weighted by Crippen LogP contribution is 2.30. The van der Waals surface area contributed by atoms with Gasteiger partial charge in [-0.15, -0.1) is 0 Å². The second-order valence-electron chi connectivity index (χ2n) is 4.91. The third kappa shape index (κ3) is 4.69. The zero-order valence-electron chi connectivity index (χ0n) is 11.2. The lowest BCUT2D eigenvalue weighted by molar-refractivity contribution is 0.427. The van der Waals surface area contributed by atoms with E-state index in [1.807, 2.05) is 19.2 Å². The number of hydrogen-bond acceptors (Lipinski definition) is 1. The molecule has 2 atom stereocenters. The lowest BCUT2D eigenvalue weighted by Gasteiger charge is -2.22. The number of benzene rings is 1. The standard InChI is InChI=1S/C15H24ClN/c1-4-7-12(2)10-13(11-17-3)14-8-5-6-9-15(14)16/h5-6,8-9,12-13,17H,4,7,10-11H2,1-3H3. The van der Waals surface area contributed by atoms with Gasteiger partial charge in [0.15, 0.2) is 0 Å². The van der Waals surface area contributed by atoms with Crippen LogP contribution >= 0.6 is 11.6 Å². The average Bonchev–Trinajstić information content (AvgIpc) is 2.29. The summed E-state index contributed by atoms with van der Waals surface area (Å²) in [5.41, 5.74) is 1.28. The Morgan fingerprint density at radius 3 is 2.59 bits per heavy atom. The highest BCUT2D eigenvalue weighted by atomic mass is 35.5. The van der Waals surface area contributed by atoms with Crippen molar-refractivity contribution in [3.05, 3.63) is 34.9 Å². The molecule has 0 aromatic heterocycles. The number of nitrogens with one attached hydrogen (secondary N) is 1. The summed E-state index contributed by atoms with van der Waals surface area (Å²) in [6.45, 7) is 5.58. The van der Waals surface area contributed by atoms with E-state index in [0.29, 0.717) is 5.92 Å². The molecule has 17 heavy (non-hydrogen) atoms. The zero-order valence-corrected chi connectivity index (χ0v) is 11.9. The molecule has 0 spiro atoms. The maximum Gasteiger partial charge on any atom is 0.0441 e. The zero-order chi connectivity index (χ0) is 12.7. The summed E-state index contributed by atoms with van der Waals surface area (Å²) in [5, 5.41) is 4.18. The number of hydrogen-bond donors (Lipinski definition) is 1. The Balaban J connectivity index is 2.75. The van der Waals surface area contributed by atoms with Crippen molar-refractivity contribution >= 4 is 11.6 Å². The molecule has 1 aromatic rings. The van der Waals surface area contributed by atoms with E-state index in [-0.39, 0.29) is 0 Å². The van der Waals surface area contributed by atoms with E-state index in [9.17, 15) is 0 Å². The van der Waals surface area contributed by atoms with E-state index in [1.165, 1.54) is 24.8 Å². The topological polar surface area (TPSA) is 12.0 Å². The van der Waals surface area contributed by atoms with Crippen LogP contribution in [0.5, 0.6) is 0 Å². The van der Waals surface area contributed by atoms with Gasteiger partial charge in [0.1, 0.15) is 0 Å². The van der Waals surface area contributed by atoms with Gasteiger partial charge in [-0.05, 0) is 36.9 Å². The van der Waals surface area contributed by atoms with Gasteiger partial charge < -0.3 is 5.32 Å². The van der Waals surface area contributed by atoms with Gasteiger partial charge in [-0.25, -0.2) is 0 Å². The molecule has 0 aliphatic rings. The van der Waals surface area contributed by atoms with Gasteiger partial charge in [-0.1, -0.05) is 56.5 Å². The van der Waals surface area contributed by atoms with E-state index in [2.05, 4.69) is 31.3 Å². The Hall–Kier alpha value is -0.530. The van der Waals surface area contributed by atoms with Crippen molar-refractivity contribution in [1.82, 2.24) is 5.32 Å². The van der Waals surface area contributed by atoms with E-state index in [1.54, 1.807) is 0 Å². The maximum atomic E-state index is 6.29. The molecule has 2 heteroatoms. The Bertz CT molecular complexity index is 324. The first-order valence-electron chi connectivity index (χ1n) is 6.58. The fraction of sp³-hybridized carbons (Fsp3) is 0.600. The van der Waals surface area contributed by atoms with Crippen LogP contribution in [0.2, 0.25) is 5.02 Å². The van der Waals surface area contributed by atoms with E-state index in [4.69, 9.17) is 11.6 Å². The largest absolute Gasteiger partial charge is 0.319 e.